The quantitative estimate of drug-likeness (QED) is 0.748. The average Bonchev–Trinajstić information content (AvgIpc) is 2.36. The van der Waals surface area contributed by atoms with Gasteiger partial charge < -0.3 is 10.6 Å². The van der Waals surface area contributed by atoms with Gasteiger partial charge >= 0.3 is 0 Å². The van der Waals surface area contributed by atoms with Gasteiger partial charge in [-0.1, -0.05) is 33.1 Å². The Kier molecular flexibility index (Phi) is 6.56. The fraction of sp³-hybridized carbons (Fsp3) is 0.929. The van der Waals surface area contributed by atoms with E-state index in [2.05, 4.69) is 24.5 Å². The summed E-state index contributed by atoms with van der Waals surface area (Å²) >= 11 is 0. The highest BCUT2D eigenvalue weighted by Crippen LogP contribution is 2.26. The lowest BCUT2D eigenvalue weighted by molar-refractivity contribution is -0.125. The summed E-state index contributed by atoms with van der Waals surface area (Å²) in [6, 6.07) is 0.340. The zero-order valence-electron chi connectivity index (χ0n) is 11.6. The zero-order valence-corrected chi connectivity index (χ0v) is 11.6. The highest BCUT2D eigenvalue weighted by molar-refractivity contribution is 5.78. The summed E-state index contributed by atoms with van der Waals surface area (Å²) in [6.45, 7) is 7.92. The number of hydrogen-bond donors (Lipinski definition) is 2. The van der Waals surface area contributed by atoms with E-state index in [4.69, 9.17) is 0 Å². The first-order valence-corrected chi connectivity index (χ1v) is 7.16. The topological polar surface area (TPSA) is 41.1 Å². The van der Waals surface area contributed by atoms with Crippen LogP contribution in [0.1, 0.15) is 52.9 Å². The number of rotatable bonds is 6. The number of amides is 1. The third-order valence-corrected chi connectivity index (χ3v) is 3.87. The van der Waals surface area contributed by atoms with Crippen molar-refractivity contribution in [2.75, 3.05) is 13.1 Å². The molecule has 1 amide bonds. The monoisotopic (exact) mass is 240 g/mol. The van der Waals surface area contributed by atoms with Crippen LogP contribution in [0.25, 0.3) is 0 Å². The van der Waals surface area contributed by atoms with Gasteiger partial charge in [-0.3, -0.25) is 4.79 Å². The van der Waals surface area contributed by atoms with Crippen molar-refractivity contribution in [1.82, 2.24) is 10.6 Å². The molecule has 0 bridgehead atoms. The molecule has 100 valence electrons. The van der Waals surface area contributed by atoms with Crippen LogP contribution in [-0.4, -0.2) is 25.0 Å². The van der Waals surface area contributed by atoms with Crippen LogP contribution in [0.2, 0.25) is 0 Å². The maximum absolute atomic E-state index is 12.0. The maximum Gasteiger partial charge on any atom is 0.224 e. The fourth-order valence-corrected chi connectivity index (χ4v) is 2.57. The summed E-state index contributed by atoms with van der Waals surface area (Å²) in [5.41, 5.74) is 0. The van der Waals surface area contributed by atoms with Crippen molar-refractivity contribution in [3.8, 4) is 0 Å². The fourth-order valence-electron chi connectivity index (χ4n) is 2.57. The molecule has 0 radical (unpaired) electrons. The predicted molar refractivity (Wildman–Crippen MR) is 71.9 cm³/mol. The maximum atomic E-state index is 12.0. The van der Waals surface area contributed by atoms with Gasteiger partial charge in [-0.2, -0.15) is 0 Å². The van der Waals surface area contributed by atoms with Gasteiger partial charge in [-0.15, -0.1) is 0 Å². The van der Waals surface area contributed by atoms with Crippen molar-refractivity contribution in [3.63, 3.8) is 0 Å². The van der Waals surface area contributed by atoms with Gasteiger partial charge in [0.05, 0.1) is 0 Å². The molecule has 0 heterocycles. The van der Waals surface area contributed by atoms with Crippen molar-refractivity contribution in [1.29, 1.82) is 0 Å². The standard InChI is InChI=1S/C14H28N2O/c1-4-15-10-11(2)14(17)16-12(3)13-8-6-5-7-9-13/h11-13,15H,4-10H2,1-3H3,(H,16,17)/t11?,12-/m0/s1. The van der Waals surface area contributed by atoms with Gasteiger partial charge in [-0.05, 0) is 32.2 Å². The van der Waals surface area contributed by atoms with Gasteiger partial charge in [0.15, 0.2) is 0 Å². The Hall–Kier alpha value is -0.570. The van der Waals surface area contributed by atoms with E-state index >= 15 is 0 Å². The minimum Gasteiger partial charge on any atom is -0.353 e. The largest absolute Gasteiger partial charge is 0.353 e. The van der Waals surface area contributed by atoms with Gasteiger partial charge in [0.1, 0.15) is 0 Å². The van der Waals surface area contributed by atoms with Crippen LogP contribution in [0.15, 0.2) is 0 Å². The zero-order chi connectivity index (χ0) is 12.7. The van der Waals surface area contributed by atoms with E-state index in [9.17, 15) is 4.79 Å². The average molecular weight is 240 g/mol. The van der Waals surface area contributed by atoms with Crippen LogP contribution in [0.3, 0.4) is 0 Å². The van der Waals surface area contributed by atoms with E-state index in [1.165, 1.54) is 32.1 Å². The Morgan fingerprint density at radius 2 is 1.88 bits per heavy atom. The minimum atomic E-state index is 0.0704. The number of carbonyl (C=O) groups is 1. The molecule has 1 fully saturated rings. The Morgan fingerprint density at radius 1 is 1.24 bits per heavy atom. The van der Waals surface area contributed by atoms with Crippen molar-refractivity contribution in [3.05, 3.63) is 0 Å². The molecule has 1 aliphatic rings. The first-order chi connectivity index (χ1) is 8.15. The third-order valence-electron chi connectivity index (χ3n) is 3.87. The molecule has 2 N–H and O–H groups in total. The highest BCUT2D eigenvalue weighted by atomic mass is 16.1. The Bertz CT molecular complexity index is 224. The first kappa shape index (κ1) is 14.5. The summed E-state index contributed by atoms with van der Waals surface area (Å²) in [4.78, 5) is 12.0. The molecule has 0 spiro atoms. The van der Waals surface area contributed by atoms with Crippen LogP contribution in [0.4, 0.5) is 0 Å². The predicted octanol–water partition coefficient (Wildman–Crippen LogP) is 2.32. The number of nitrogens with one attached hydrogen (secondary N) is 2. The van der Waals surface area contributed by atoms with E-state index in [0.717, 1.165) is 13.1 Å². The molecular formula is C14H28N2O. The first-order valence-electron chi connectivity index (χ1n) is 7.16. The van der Waals surface area contributed by atoms with Crippen LogP contribution in [-0.2, 0) is 4.79 Å². The molecule has 17 heavy (non-hydrogen) atoms. The lowest BCUT2D eigenvalue weighted by Gasteiger charge is -2.29. The third kappa shape index (κ3) is 5.07. The molecule has 0 aromatic rings. The molecular weight excluding hydrogens is 212 g/mol. The Labute approximate surface area is 106 Å². The van der Waals surface area contributed by atoms with Crippen molar-refractivity contribution in [2.24, 2.45) is 11.8 Å². The minimum absolute atomic E-state index is 0.0704. The van der Waals surface area contributed by atoms with Gasteiger partial charge in [0, 0.05) is 18.5 Å². The van der Waals surface area contributed by atoms with Crippen LogP contribution < -0.4 is 10.6 Å². The molecule has 1 aliphatic carbocycles. The summed E-state index contributed by atoms with van der Waals surface area (Å²) in [6.07, 6.45) is 6.59. The highest BCUT2D eigenvalue weighted by Gasteiger charge is 2.22. The molecule has 1 rings (SSSR count). The summed E-state index contributed by atoms with van der Waals surface area (Å²) in [5.74, 6) is 0.962. The van der Waals surface area contributed by atoms with Gasteiger partial charge in [0.25, 0.3) is 0 Å². The molecule has 1 saturated carbocycles. The summed E-state index contributed by atoms with van der Waals surface area (Å²) < 4.78 is 0. The summed E-state index contributed by atoms with van der Waals surface area (Å²) in [5, 5.41) is 6.40. The van der Waals surface area contributed by atoms with Crippen LogP contribution in [0.5, 0.6) is 0 Å². The number of hydrogen-bond acceptors (Lipinski definition) is 2. The second-order valence-corrected chi connectivity index (χ2v) is 5.40. The normalized spacial score (nSPS) is 20.9. The molecule has 3 nitrogen and oxygen atoms in total. The lowest BCUT2D eigenvalue weighted by atomic mass is 9.84. The second kappa shape index (κ2) is 7.70. The van der Waals surface area contributed by atoms with E-state index in [-0.39, 0.29) is 11.8 Å². The molecule has 1 unspecified atom stereocenters. The number of carbonyl (C=O) groups excluding carboxylic acids is 1. The Morgan fingerprint density at radius 3 is 2.47 bits per heavy atom. The molecule has 3 heteroatoms. The van der Waals surface area contributed by atoms with E-state index in [1.807, 2.05) is 6.92 Å². The Balaban J connectivity index is 2.28. The van der Waals surface area contributed by atoms with E-state index < -0.39 is 0 Å². The van der Waals surface area contributed by atoms with E-state index in [1.54, 1.807) is 0 Å². The molecule has 0 aromatic carbocycles. The SMILES string of the molecule is CCNCC(C)C(=O)N[C@@H](C)C1CCCCC1. The van der Waals surface area contributed by atoms with Crippen LogP contribution in [0, 0.1) is 11.8 Å². The van der Waals surface area contributed by atoms with Crippen molar-refractivity contribution < 1.29 is 4.79 Å². The van der Waals surface area contributed by atoms with Gasteiger partial charge in [0.2, 0.25) is 5.91 Å². The lowest BCUT2D eigenvalue weighted by Crippen LogP contribution is -2.43. The van der Waals surface area contributed by atoms with Crippen molar-refractivity contribution in [2.45, 2.75) is 58.9 Å². The second-order valence-electron chi connectivity index (χ2n) is 5.40. The van der Waals surface area contributed by atoms with Gasteiger partial charge in [-0.25, -0.2) is 0 Å². The molecule has 0 aromatic heterocycles. The smallest absolute Gasteiger partial charge is 0.224 e. The molecule has 0 aliphatic heterocycles. The van der Waals surface area contributed by atoms with Crippen LogP contribution >= 0.6 is 0 Å². The van der Waals surface area contributed by atoms with Crippen molar-refractivity contribution >= 4 is 5.91 Å². The summed E-state index contributed by atoms with van der Waals surface area (Å²) in [7, 11) is 0. The van der Waals surface area contributed by atoms with E-state index in [0.29, 0.717) is 12.0 Å². The molecule has 0 saturated heterocycles. The molecule has 2 atom stereocenters.